The fraction of sp³-hybridized carbons (Fsp3) is 0.429. The minimum absolute atomic E-state index is 0.0273. The molecule has 2 rings (SSSR count). The summed E-state index contributed by atoms with van der Waals surface area (Å²) in [6, 6.07) is 3.84. The van der Waals surface area contributed by atoms with Crippen LogP contribution in [0.2, 0.25) is 0 Å². The highest BCUT2D eigenvalue weighted by atomic mass is 16.3. The Morgan fingerprint density at radius 1 is 1.47 bits per heavy atom. The van der Waals surface area contributed by atoms with Gasteiger partial charge >= 0.3 is 0 Å². The number of pyridine rings is 1. The summed E-state index contributed by atoms with van der Waals surface area (Å²) in [6.07, 6.45) is 3.45. The summed E-state index contributed by atoms with van der Waals surface area (Å²) in [6.45, 7) is 6.20. The highest BCUT2D eigenvalue weighted by molar-refractivity contribution is 5.93. The molecule has 2 heterocycles. The normalized spacial score (nSPS) is 11.8. The molecule has 0 spiro atoms. The summed E-state index contributed by atoms with van der Waals surface area (Å²) in [5, 5.41) is 12.0. The number of fused-ring (bicyclic) bond motifs is 1. The summed E-state index contributed by atoms with van der Waals surface area (Å²) in [7, 11) is 0. The van der Waals surface area contributed by atoms with Crippen LogP contribution >= 0.6 is 0 Å². The molecule has 5 nitrogen and oxygen atoms in total. The summed E-state index contributed by atoms with van der Waals surface area (Å²) < 4.78 is 1.77. The van der Waals surface area contributed by atoms with Crippen LogP contribution in [0.1, 0.15) is 29.9 Å². The Bertz CT molecular complexity index is 602. The number of aliphatic hydroxyl groups excluding tert-OH is 1. The van der Waals surface area contributed by atoms with Gasteiger partial charge in [0.05, 0.1) is 6.20 Å². The maximum Gasteiger partial charge on any atom is 0.269 e. The van der Waals surface area contributed by atoms with Gasteiger partial charge in [0.1, 0.15) is 11.3 Å². The number of imidazole rings is 1. The molecule has 0 bridgehead atoms. The first-order valence-corrected chi connectivity index (χ1v) is 6.26. The second-order valence-corrected chi connectivity index (χ2v) is 5.58. The Labute approximate surface area is 112 Å². The Morgan fingerprint density at radius 3 is 2.89 bits per heavy atom. The quantitative estimate of drug-likeness (QED) is 0.874. The molecule has 0 radical (unpaired) electrons. The standard InChI is InChI=1S/C14H19N3O2/c1-10-4-5-12-15-6-11(17(12)7-10)13(19)16-8-14(2,3)9-18/h4-7,18H,8-9H2,1-3H3,(H,16,19). The van der Waals surface area contributed by atoms with Gasteiger partial charge in [-0.2, -0.15) is 0 Å². The van der Waals surface area contributed by atoms with E-state index in [9.17, 15) is 9.90 Å². The van der Waals surface area contributed by atoms with Crippen LogP contribution in [0.5, 0.6) is 0 Å². The number of aliphatic hydroxyl groups is 1. The van der Waals surface area contributed by atoms with Crippen molar-refractivity contribution in [2.45, 2.75) is 20.8 Å². The van der Waals surface area contributed by atoms with Crippen LogP contribution in [-0.2, 0) is 0 Å². The van der Waals surface area contributed by atoms with E-state index in [0.29, 0.717) is 12.2 Å². The van der Waals surface area contributed by atoms with E-state index >= 15 is 0 Å². The van der Waals surface area contributed by atoms with Gasteiger partial charge in [0.25, 0.3) is 5.91 Å². The molecule has 0 atom stereocenters. The monoisotopic (exact) mass is 261 g/mol. The number of rotatable bonds is 4. The summed E-state index contributed by atoms with van der Waals surface area (Å²) in [4.78, 5) is 16.3. The van der Waals surface area contributed by atoms with Crippen molar-refractivity contribution in [2.24, 2.45) is 5.41 Å². The smallest absolute Gasteiger partial charge is 0.269 e. The molecular weight excluding hydrogens is 242 g/mol. The van der Waals surface area contributed by atoms with Gasteiger partial charge in [-0.25, -0.2) is 4.98 Å². The predicted molar refractivity (Wildman–Crippen MR) is 73.1 cm³/mol. The van der Waals surface area contributed by atoms with Gasteiger partial charge in [0, 0.05) is 24.8 Å². The lowest BCUT2D eigenvalue weighted by Gasteiger charge is -2.21. The maximum absolute atomic E-state index is 12.1. The van der Waals surface area contributed by atoms with E-state index in [1.165, 1.54) is 0 Å². The van der Waals surface area contributed by atoms with Crippen molar-refractivity contribution in [3.63, 3.8) is 0 Å². The first-order valence-electron chi connectivity index (χ1n) is 6.26. The molecular formula is C14H19N3O2. The van der Waals surface area contributed by atoms with E-state index in [1.807, 2.05) is 39.1 Å². The van der Waals surface area contributed by atoms with Gasteiger partial charge in [-0.3, -0.25) is 9.20 Å². The second-order valence-electron chi connectivity index (χ2n) is 5.58. The van der Waals surface area contributed by atoms with Crippen molar-refractivity contribution < 1.29 is 9.90 Å². The van der Waals surface area contributed by atoms with Crippen LogP contribution in [0.3, 0.4) is 0 Å². The predicted octanol–water partition coefficient (Wildman–Crippen LogP) is 1.39. The third-order valence-electron chi connectivity index (χ3n) is 3.04. The summed E-state index contributed by atoms with van der Waals surface area (Å²) >= 11 is 0. The average Bonchev–Trinajstić information content (AvgIpc) is 2.79. The van der Waals surface area contributed by atoms with Crippen molar-refractivity contribution >= 4 is 11.6 Å². The van der Waals surface area contributed by atoms with Gasteiger partial charge in [0.2, 0.25) is 0 Å². The summed E-state index contributed by atoms with van der Waals surface area (Å²) in [5.41, 5.74) is 1.99. The number of carbonyl (C=O) groups excluding carboxylic acids is 1. The van der Waals surface area contributed by atoms with Crippen molar-refractivity contribution in [2.75, 3.05) is 13.2 Å². The lowest BCUT2D eigenvalue weighted by molar-refractivity contribution is 0.0905. The number of amides is 1. The number of aryl methyl sites for hydroxylation is 1. The fourth-order valence-electron chi connectivity index (χ4n) is 1.72. The second kappa shape index (κ2) is 5.01. The van der Waals surface area contributed by atoms with Crippen LogP contribution in [0.15, 0.2) is 24.5 Å². The minimum atomic E-state index is -0.327. The maximum atomic E-state index is 12.1. The van der Waals surface area contributed by atoms with E-state index in [0.717, 1.165) is 11.2 Å². The Kier molecular flexibility index (Phi) is 3.57. The molecule has 0 aliphatic carbocycles. The number of carbonyl (C=O) groups is 1. The average molecular weight is 261 g/mol. The van der Waals surface area contributed by atoms with Gasteiger partial charge in [-0.15, -0.1) is 0 Å². The van der Waals surface area contributed by atoms with Gasteiger partial charge < -0.3 is 10.4 Å². The minimum Gasteiger partial charge on any atom is -0.396 e. The molecule has 2 N–H and O–H groups in total. The molecule has 0 aliphatic rings. The number of nitrogens with zero attached hydrogens (tertiary/aromatic N) is 2. The summed E-state index contributed by atoms with van der Waals surface area (Å²) in [5.74, 6) is -0.181. The molecule has 5 heteroatoms. The molecule has 0 aliphatic heterocycles. The molecule has 0 unspecified atom stereocenters. The van der Waals surface area contributed by atoms with Crippen molar-refractivity contribution in [1.29, 1.82) is 0 Å². The van der Waals surface area contributed by atoms with E-state index in [2.05, 4.69) is 10.3 Å². The number of hydrogen-bond acceptors (Lipinski definition) is 3. The molecule has 2 aromatic heterocycles. The van der Waals surface area contributed by atoms with E-state index in [4.69, 9.17) is 0 Å². The highest BCUT2D eigenvalue weighted by Crippen LogP contribution is 2.13. The Hall–Kier alpha value is -1.88. The Morgan fingerprint density at radius 2 is 2.21 bits per heavy atom. The molecule has 102 valence electrons. The zero-order chi connectivity index (χ0) is 14.0. The van der Waals surface area contributed by atoms with Crippen molar-refractivity contribution in [1.82, 2.24) is 14.7 Å². The molecule has 0 fully saturated rings. The van der Waals surface area contributed by atoms with Crippen LogP contribution in [0.25, 0.3) is 5.65 Å². The molecule has 0 saturated heterocycles. The van der Waals surface area contributed by atoms with Gasteiger partial charge in [-0.1, -0.05) is 19.9 Å². The van der Waals surface area contributed by atoms with Crippen LogP contribution < -0.4 is 5.32 Å². The van der Waals surface area contributed by atoms with Gasteiger partial charge in [-0.05, 0) is 18.6 Å². The van der Waals surface area contributed by atoms with Crippen molar-refractivity contribution in [3.05, 3.63) is 35.8 Å². The van der Waals surface area contributed by atoms with Crippen LogP contribution in [0.4, 0.5) is 0 Å². The lowest BCUT2D eigenvalue weighted by atomic mass is 9.95. The molecule has 1 amide bonds. The Balaban J connectivity index is 2.20. The largest absolute Gasteiger partial charge is 0.396 e. The third-order valence-corrected chi connectivity index (χ3v) is 3.04. The third kappa shape index (κ3) is 2.93. The fourth-order valence-corrected chi connectivity index (χ4v) is 1.72. The first-order chi connectivity index (χ1) is 8.93. The topological polar surface area (TPSA) is 66.6 Å². The molecule has 0 aromatic carbocycles. The number of nitrogens with one attached hydrogen (secondary N) is 1. The van der Waals surface area contributed by atoms with Crippen LogP contribution in [0, 0.1) is 12.3 Å². The SMILES string of the molecule is Cc1ccc2ncc(C(=O)NCC(C)(C)CO)n2c1. The zero-order valence-corrected chi connectivity index (χ0v) is 11.5. The highest BCUT2D eigenvalue weighted by Gasteiger charge is 2.19. The number of hydrogen-bond donors (Lipinski definition) is 2. The van der Waals surface area contributed by atoms with E-state index in [-0.39, 0.29) is 17.9 Å². The van der Waals surface area contributed by atoms with Crippen molar-refractivity contribution in [3.8, 4) is 0 Å². The lowest BCUT2D eigenvalue weighted by Crippen LogP contribution is -2.36. The molecule has 0 saturated carbocycles. The van der Waals surface area contributed by atoms with Crippen LogP contribution in [-0.4, -0.2) is 33.6 Å². The molecule has 2 aromatic rings. The molecule has 19 heavy (non-hydrogen) atoms. The number of aromatic nitrogens is 2. The first kappa shape index (κ1) is 13.5. The van der Waals surface area contributed by atoms with E-state index in [1.54, 1.807) is 10.6 Å². The zero-order valence-electron chi connectivity index (χ0n) is 11.5. The van der Waals surface area contributed by atoms with E-state index < -0.39 is 0 Å². The van der Waals surface area contributed by atoms with Gasteiger partial charge in [0.15, 0.2) is 0 Å².